The number of thiophene rings is 1. The highest BCUT2D eigenvalue weighted by atomic mass is 32.1. The molecule has 1 aromatic heterocycles. The van der Waals surface area contributed by atoms with Gasteiger partial charge in [0.05, 0.1) is 24.3 Å². The standard InChI is InChI=1S/C29H30N2O5S/c1-3-4-22(19-28(32)33)21-5-9-25(10-6-21)36-20-26-13-14-27(37-26)29(34)31-17-15-30(16-18-31)23-7-11-24(35-2)12-8-23/h5-14,22H,15-20H2,1-2H3,(H,32,33). The van der Waals surface area contributed by atoms with Crippen LogP contribution in [0.5, 0.6) is 11.5 Å². The van der Waals surface area contributed by atoms with Gasteiger partial charge in [0, 0.05) is 36.7 Å². The minimum atomic E-state index is -0.879. The van der Waals surface area contributed by atoms with Crippen LogP contribution in [0.1, 0.15) is 39.4 Å². The smallest absolute Gasteiger partial charge is 0.304 e. The predicted octanol–water partition coefficient (Wildman–Crippen LogP) is 4.88. The number of nitrogens with zero attached hydrogens (tertiary/aromatic N) is 2. The molecule has 0 spiro atoms. The second-order valence-corrected chi connectivity index (χ2v) is 9.81. The van der Waals surface area contributed by atoms with Crippen molar-refractivity contribution >= 4 is 28.9 Å². The fourth-order valence-corrected chi connectivity index (χ4v) is 5.13. The van der Waals surface area contributed by atoms with Crippen molar-refractivity contribution < 1.29 is 24.2 Å². The Morgan fingerprint density at radius 1 is 0.973 bits per heavy atom. The van der Waals surface area contributed by atoms with E-state index in [0.29, 0.717) is 30.3 Å². The molecule has 0 radical (unpaired) electrons. The molecule has 0 saturated carbocycles. The fourth-order valence-electron chi connectivity index (χ4n) is 4.24. The number of aliphatic carboxylic acids is 1. The lowest BCUT2D eigenvalue weighted by Gasteiger charge is -2.36. The van der Waals surface area contributed by atoms with Gasteiger partial charge >= 0.3 is 5.97 Å². The average Bonchev–Trinajstić information content (AvgIpc) is 3.41. The van der Waals surface area contributed by atoms with E-state index < -0.39 is 5.97 Å². The third-order valence-corrected chi connectivity index (χ3v) is 7.28. The average molecular weight is 519 g/mol. The largest absolute Gasteiger partial charge is 0.497 e. The molecule has 1 aliphatic rings. The molecule has 7 nitrogen and oxygen atoms in total. The van der Waals surface area contributed by atoms with Crippen LogP contribution in [0.2, 0.25) is 0 Å². The molecule has 0 aliphatic carbocycles. The van der Waals surface area contributed by atoms with E-state index in [-0.39, 0.29) is 18.2 Å². The molecular formula is C29H30N2O5S. The highest BCUT2D eigenvalue weighted by Crippen LogP contribution is 2.25. The summed E-state index contributed by atoms with van der Waals surface area (Å²) in [5, 5.41) is 9.11. The van der Waals surface area contributed by atoms with Crippen molar-refractivity contribution in [3.63, 3.8) is 0 Å². The summed E-state index contributed by atoms with van der Waals surface area (Å²) in [7, 11) is 1.66. The number of hydrogen-bond donors (Lipinski definition) is 1. The van der Waals surface area contributed by atoms with Crippen molar-refractivity contribution in [2.75, 3.05) is 38.2 Å². The predicted molar refractivity (Wildman–Crippen MR) is 145 cm³/mol. The van der Waals surface area contributed by atoms with Crippen LogP contribution in [0.25, 0.3) is 0 Å². The van der Waals surface area contributed by atoms with E-state index in [1.807, 2.05) is 65.6 Å². The van der Waals surface area contributed by atoms with Gasteiger partial charge in [-0.2, -0.15) is 0 Å². The number of hydrogen-bond acceptors (Lipinski definition) is 6. The molecule has 2 heterocycles. The Kier molecular flexibility index (Phi) is 8.70. The molecule has 1 saturated heterocycles. The minimum Gasteiger partial charge on any atom is -0.497 e. The van der Waals surface area contributed by atoms with Gasteiger partial charge in [-0.15, -0.1) is 17.3 Å². The van der Waals surface area contributed by atoms with Gasteiger partial charge in [-0.05, 0) is 61.0 Å². The molecule has 0 bridgehead atoms. The molecule has 1 fully saturated rings. The molecule has 8 heteroatoms. The molecule has 1 N–H and O–H groups in total. The van der Waals surface area contributed by atoms with Crippen LogP contribution >= 0.6 is 11.3 Å². The highest BCUT2D eigenvalue weighted by Gasteiger charge is 2.23. The van der Waals surface area contributed by atoms with E-state index in [4.69, 9.17) is 14.6 Å². The van der Waals surface area contributed by atoms with E-state index in [1.54, 1.807) is 14.0 Å². The Hall–Kier alpha value is -3.96. The van der Waals surface area contributed by atoms with Crippen molar-refractivity contribution in [2.24, 2.45) is 0 Å². The van der Waals surface area contributed by atoms with Crippen molar-refractivity contribution in [3.05, 3.63) is 76.0 Å². The molecular weight excluding hydrogens is 488 g/mol. The van der Waals surface area contributed by atoms with Gasteiger partial charge in [0.25, 0.3) is 5.91 Å². The number of amides is 1. The summed E-state index contributed by atoms with van der Waals surface area (Å²) in [4.78, 5) is 30.0. The number of carboxylic acid groups (broad SMARTS) is 1. The van der Waals surface area contributed by atoms with E-state index >= 15 is 0 Å². The number of anilines is 1. The zero-order valence-corrected chi connectivity index (χ0v) is 21.8. The summed E-state index contributed by atoms with van der Waals surface area (Å²) in [5.74, 6) is 6.09. The summed E-state index contributed by atoms with van der Waals surface area (Å²) < 4.78 is 11.1. The van der Waals surface area contributed by atoms with Gasteiger partial charge in [0.2, 0.25) is 0 Å². The van der Waals surface area contributed by atoms with E-state index in [2.05, 4.69) is 16.7 Å². The van der Waals surface area contributed by atoms with E-state index in [0.717, 1.165) is 35.0 Å². The van der Waals surface area contributed by atoms with Crippen molar-refractivity contribution in [3.8, 4) is 23.3 Å². The second kappa shape index (κ2) is 12.3. The molecule has 1 aliphatic heterocycles. The summed E-state index contributed by atoms with van der Waals surface area (Å²) in [5.41, 5.74) is 1.98. The van der Waals surface area contributed by atoms with E-state index in [1.165, 1.54) is 11.3 Å². The SMILES string of the molecule is CC#CC(CC(=O)O)c1ccc(OCc2ccc(C(=O)N3CCN(c4ccc(OC)cc4)CC3)s2)cc1. The topological polar surface area (TPSA) is 79.3 Å². The third-order valence-electron chi connectivity index (χ3n) is 6.24. The summed E-state index contributed by atoms with van der Waals surface area (Å²) in [6, 6.07) is 19.1. The van der Waals surface area contributed by atoms with Crippen molar-refractivity contribution in [1.82, 2.24) is 4.90 Å². The van der Waals surface area contributed by atoms with Gasteiger partial charge in [0.1, 0.15) is 18.1 Å². The van der Waals surface area contributed by atoms with Crippen LogP contribution in [0.15, 0.2) is 60.7 Å². The fraction of sp³-hybridized carbons (Fsp3) is 0.310. The Morgan fingerprint density at radius 2 is 1.65 bits per heavy atom. The Balaban J connectivity index is 1.28. The molecule has 192 valence electrons. The first-order valence-corrected chi connectivity index (χ1v) is 12.9. The van der Waals surface area contributed by atoms with Crippen LogP contribution in [0, 0.1) is 11.8 Å². The lowest BCUT2D eigenvalue weighted by atomic mass is 9.96. The van der Waals surface area contributed by atoms with Crippen molar-refractivity contribution in [2.45, 2.75) is 25.9 Å². The Labute approximate surface area is 221 Å². The lowest BCUT2D eigenvalue weighted by Crippen LogP contribution is -2.48. The van der Waals surface area contributed by atoms with E-state index in [9.17, 15) is 9.59 Å². The van der Waals surface area contributed by atoms with Gasteiger partial charge in [-0.1, -0.05) is 18.1 Å². The lowest BCUT2D eigenvalue weighted by molar-refractivity contribution is -0.137. The first kappa shape index (κ1) is 26.1. The number of carbonyl (C=O) groups excluding carboxylic acids is 1. The van der Waals surface area contributed by atoms with Crippen LogP contribution in [0.3, 0.4) is 0 Å². The molecule has 3 aromatic rings. The van der Waals surface area contributed by atoms with Crippen LogP contribution in [-0.2, 0) is 11.4 Å². The number of carbonyl (C=O) groups is 2. The minimum absolute atomic E-state index is 0.0381. The van der Waals surface area contributed by atoms with Crippen LogP contribution in [0.4, 0.5) is 5.69 Å². The van der Waals surface area contributed by atoms with Crippen LogP contribution < -0.4 is 14.4 Å². The molecule has 4 rings (SSSR count). The summed E-state index contributed by atoms with van der Waals surface area (Å²) in [6.45, 7) is 4.97. The van der Waals surface area contributed by atoms with Gasteiger partial charge in [-0.25, -0.2) is 0 Å². The quantitative estimate of drug-likeness (QED) is 0.407. The van der Waals surface area contributed by atoms with Crippen LogP contribution in [-0.4, -0.2) is 55.2 Å². The number of rotatable bonds is 9. The maximum atomic E-state index is 13.1. The molecule has 1 unspecified atom stereocenters. The Bertz CT molecular complexity index is 1270. The molecule has 37 heavy (non-hydrogen) atoms. The highest BCUT2D eigenvalue weighted by molar-refractivity contribution is 7.14. The zero-order valence-electron chi connectivity index (χ0n) is 21.0. The van der Waals surface area contributed by atoms with Crippen molar-refractivity contribution in [1.29, 1.82) is 0 Å². The summed E-state index contributed by atoms with van der Waals surface area (Å²) in [6.07, 6.45) is -0.0381. The number of benzene rings is 2. The normalized spacial score (nSPS) is 13.9. The first-order valence-electron chi connectivity index (χ1n) is 12.1. The Morgan fingerprint density at radius 3 is 2.27 bits per heavy atom. The maximum Gasteiger partial charge on any atom is 0.304 e. The maximum absolute atomic E-state index is 13.1. The molecule has 1 atom stereocenters. The number of methoxy groups -OCH3 is 1. The third kappa shape index (κ3) is 6.83. The van der Waals surface area contributed by atoms with Gasteiger partial charge in [-0.3, -0.25) is 9.59 Å². The van der Waals surface area contributed by atoms with Gasteiger partial charge < -0.3 is 24.4 Å². The number of carboxylic acids is 1. The molecule has 2 aromatic carbocycles. The number of ether oxygens (including phenoxy) is 2. The number of piperazine rings is 1. The monoisotopic (exact) mass is 518 g/mol. The molecule has 1 amide bonds. The second-order valence-electron chi connectivity index (χ2n) is 8.65. The zero-order chi connectivity index (χ0) is 26.2. The summed E-state index contributed by atoms with van der Waals surface area (Å²) >= 11 is 1.45. The van der Waals surface area contributed by atoms with Gasteiger partial charge in [0.15, 0.2) is 0 Å². The first-order chi connectivity index (χ1) is 18.0.